The van der Waals surface area contributed by atoms with Crippen LogP contribution in [0, 0.1) is 20.8 Å². The van der Waals surface area contributed by atoms with Gasteiger partial charge >= 0.3 is 0 Å². The van der Waals surface area contributed by atoms with E-state index < -0.39 is 0 Å². The van der Waals surface area contributed by atoms with Crippen molar-refractivity contribution in [1.82, 2.24) is 20.5 Å². The summed E-state index contributed by atoms with van der Waals surface area (Å²) in [5.74, 6) is -0.264. The molecule has 0 radical (unpaired) electrons. The summed E-state index contributed by atoms with van der Waals surface area (Å²) in [6, 6.07) is 0. The lowest BCUT2D eigenvalue weighted by Crippen LogP contribution is -2.26. The van der Waals surface area contributed by atoms with Gasteiger partial charge in [0.25, 0.3) is 5.91 Å². The van der Waals surface area contributed by atoms with Gasteiger partial charge in [0, 0.05) is 17.8 Å². The number of H-pyrrole nitrogens is 1. The zero-order valence-corrected chi connectivity index (χ0v) is 12.6. The molecule has 0 spiro atoms. The van der Waals surface area contributed by atoms with E-state index >= 15 is 0 Å². The summed E-state index contributed by atoms with van der Waals surface area (Å²) in [5.41, 5.74) is 1.99. The number of nitrogens with one attached hydrogen (secondary N) is 2. The maximum Gasteiger partial charge on any atom is 0.273 e. The van der Waals surface area contributed by atoms with Crippen molar-refractivity contribution in [2.45, 2.75) is 27.2 Å². The predicted octanol–water partition coefficient (Wildman–Crippen LogP) is 2.42. The molecule has 0 aliphatic heterocycles. The van der Waals surface area contributed by atoms with E-state index in [1.807, 2.05) is 13.8 Å². The Bertz CT molecular complexity index is 585. The molecule has 0 atom stereocenters. The van der Waals surface area contributed by atoms with E-state index in [1.165, 1.54) is 4.88 Å². The molecule has 7 heteroatoms. The van der Waals surface area contributed by atoms with Crippen LogP contribution in [0.3, 0.4) is 0 Å². The van der Waals surface area contributed by atoms with Crippen molar-refractivity contribution in [3.63, 3.8) is 0 Å². The fourth-order valence-corrected chi connectivity index (χ4v) is 2.68. The molecule has 0 bridgehead atoms. The Morgan fingerprint density at radius 3 is 2.68 bits per heavy atom. The average molecular weight is 299 g/mol. The van der Waals surface area contributed by atoms with E-state index in [0.717, 1.165) is 10.7 Å². The van der Waals surface area contributed by atoms with E-state index in [9.17, 15) is 4.79 Å². The highest BCUT2D eigenvalue weighted by Crippen LogP contribution is 2.18. The van der Waals surface area contributed by atoms with Crippen LogP contribution < -0.4 is 5.32 Å². The first kappa shape index (κ1) is 14.0. The molecule has 0 aliphatic rings. The number of hydrogen-bond donors (Lipinski definition) is 2. The van der Waals surface area contributed by atoms with Gasteiger partial charge in [0.05, 0.1) is 21.4 Å². The van der Waals surface area contributed by atoms with Gasteiger partial charge in [-0.1, -0.05) is 11.6 Å². The number of rotatable bonds is 4. The Morgan fingerprint density at radius 2 is 2.16 bits per heavy atom. The largest absolute Gasteiger partial charge is 0.350 e. The van der Waals surface area contributed by atoms with Gasteiger partial charge in [-0.3, -0.25) is 9.89 Å². The van der Waals surface area contributed by atoms with Crippen molar-refractivity contribution in [2.24, 2.45) is 0 Å². The van der Waals surface area contributed by atoms with Gasteiger partial charge < -0.3 is 5.32 Å². The van der Waals surface area contributed by atoms with Crippen molar-refractivity contribution in [3.05, 3.63) is 32.0 Å². The zero-order valence-electron chi connectivity index (χ0n) is 11.0. The third kappa shape index (κ3) is 3.13. The second kappa shape index (κ2) is 5.71. The molecule has 0 aliphatic carbocycles. The summed E-state index contributed by atoms with van der Waals surface area (Å²) < 4.78 is 0. The molecule has 2 heterocycles. The van der Waals surface area contributed by atoms with Crippen LogP contribution in [0.25, 0.3) is 0 Å². The van der Waals surface area contributed by atoms with Crippen LogP contribution in [0.2, 0.25) is 5.02 Å². The number of thiazole rings is 1. The van der Waals surface area contributed by atoms with Gasteiger partial charge in [0.2, 0.25) is 0 Å². The van der Waals surface area contributed by atoms with Gasteiger partial charge in [-0.25, -0.2) is 4.98 Å². The zero-order chi connectivity index (χ0) is 14.0. The van der Waals surface area contributed by atoms with Gasteiger partial charge in [-0.2, -0.15) is 5.10 Å². The van der Waals surface area contributed by atoms with E-state index in [4.69, 9.17) is 11.6 Å². The van der Waals surface area contributed by atoms with Crippen LogP contribution in [0.4, 0.5) is 0 Å². The first-order valence-electron chi connectivity index (χ1n) is 5.90. The number of halogens is 1. The van der Waals surface area contributed by atoms with E-state index in [0.29, 0.717) is 23.7 Å². The quantitative estimate of drug-likeness (QED) is 0.910. The fourth-order valence-electron chi connectivity index (χ4n) is 1.58. The van der Waals surface area contributed by atoms with Gasteiger partial charge in [0.15, 0.2) is 5.69 Å². The number of amides is 1. The molecule has 0 saturated heterocycles. The molecule has 2 N–H and O–H groups in total. The molecule has 5 nitrogen and oxygen atoms in total. The van der Waals surface area contributed by atoms with E-state index in [1.54, 1.807) is 18.3 Å². The molecule has 1 amide bonds. The normalized spacial score (nSPS) is 10.7. The lowest BCUT2D eigenvalue weighted by molar-refractivity contribution is 0.0949. The molecule has 0 aromatic carbocycles. The summed E-state index contributed by atoms with van der Waals surface area (Å²) in [6.07, 6.45) is 0.714. The Morgan fingerprint density at radius 1 is 1.42 bits per heavy atom. The Hall–Kier alpha value is -1.40. The second-order valence-corrected chi connectivity index (χ2v) is 5.93. The topological polar surface area (TPSA) is 70.7 Å². The third-order valence-electron chi connectivity index (χ3n) is 2.78. The highest BCUT2D eigenvalue weighted by molar-refractivity contribution is 7.11. The first-order chi connectivity index (χ1) is 8.99. The van der Waals surface area contributed by atoms with Gasteiger partial charge in [-0.05, 0) is 20.8 Å². The van der Waals surface area contributed by atoms with Crippen LogP contribution >= 0.6 is 22.9 Å². The smallest absolute Gasteiger partial charge is 0.273 e. The number of aromatic nitrogens is 3. The van der Waals surface area contributed by atoms with Crippen LogP contribution in [0.1, 0.15) is 31.8 Å². The number of carbonyl (C=O) groups is 1. The Balaban J connectivity index is 1.89. The van der Waals surface area contributed by atoms with E-state index in [2.05, 4.69) is 20.5 Å². The van der Waals surface area contributed by atoms with Crippen molar-refractivity contribution < 1.29 is 4.79 Å². The maximum atomic E-state index is 11.8. The lowest BCUT2D eigenvalue weighted by Gasteiger charge is -2.01. The predicted molar refractivity (Wildman–Crippen MR) is 76.0 cm³/mol. The van der Waals surface area contributed by atoms with Crippen LogP contribution in [0.15, 0.2) is 0 Å². The summed E-state index contributed by atoms with van der Waals surface area (Å²) in [5, 5.41) is 10.8. The third-order valence-corrected chi connectivity index (χ3v) is 4.38. The van der Waals surface area contributed by atoms with Crippen molar-refractivity contribution in [2.75, 3.05) is 6.54 Å². The Labute approximate surface area is 120 Å². The maximum absolute atomic E-state index is 11.8. The summed E-state index contributed by atoms with van der Waals surface area (Å²) >= 11 is 7.62. The number of carbonyl (C=O) groups excluding carboxylic acids is 1. The number of nitrogens with zero attached hydrogens (tertiary/aromatic N) is 2. The molecular formula is C12H15ClN4OS. The first-order valence-corrected chi connectivity index (χ1v) is 7.10. The molecule has 19 heavy (non-hydrogen) atoms. The standard InChI is InChI=1S/C12H15ClN4OS/c1-6-8(3)19-9(15-6)4-5-14-12(18)11-10(13)7(2)16-17-11/h4-5H2,1-3H3,(H,14,18)(H,16,17). The monoisotopic (exact) mass is 298 g/mol. The Kier molecular flexibility index (Phi) is 4.21. The second-order valence-electron chi connectivity index (χ2n) is 4.27. The summed E-state index contributed by atoms with van der Waals surface area (Å²) in [6.45, 7) is 6.32. The molecule has 0 unspecified atom stereocenters. The highest BCUT2D eigenvalue weighted by Gasteiger charge is 2.15. The minimum atomic E-state index is -0.264. The average Bonchev–Trinajstić information content (AvgIpc) is 2.84. The fraction of sp³-hybridized carbons (Fsp3) is 0.417. The molecule has 0 saturated carbocycles. The number of aromatic amines is 1. The number of aryl methyl sites for hydroxylation is 3. The number of hydrogen-bond acceptors (Lipinski definition) is 4. The molecule has 0 fully saturated rings. The van der Waals surface area contributed by atoms with Crippen LogP contribution in [-0.2, 0) is 6.42 Å². The van der Waals surface area contributed by atoms with Gasteiger partial charge in [-0.15, -0.1) is 11.3 Å². The molecule has 2 rings (SSSR count). The van der Waals surface area contributed by atoms with Crippen LogP contribution in [-0.4, -0.2) is 27.6 Å². The minimum absolute atomic E-state index is 0.241. The summed E-state index contributed by atoms with van der Waals surface area (Å²) in [7, 11) is 0. The van der Waals surface area contributed by atoms with Crippen molar-refractivity contribution in [1.29, 1.82) is 0 Å². The van der Waals surface area contributed by atoms with Crippen molar-refractivity contribution in [3.8, 4) is 0 Å². The molecule has 102 valence electrons. The molecular weight excluding hydrogens is 284 g/mol. The van der Waals surface area contributed by atoms with Crippen LogP contribution in [0.5, 0.6) is 0 Å². The molecule has 2 aromatic rings. The minimum Gasteiger partial charge on any atom is -0.350 e. The SMILES string of the molecule is Cc1nc(CCNC(=O)c2n[nH]c(C)c2Cl)sc1C. The van der Waals surface area contributed by atoms with E-state index in [-0.39, 0.29) is 11.6 Å². The van der Waals surface area contributed by atoms with Crippen molar-refractivity contribution >= 4 is 28.8 Å². The summed E-state index contributed by atoms with van der Waals surface area (Å²) in [4.78, 5) is 17.5. The molecule has 2 aromatic heterocycles. The highest BCUT2D eigenvalue weighted by atomic mass is 35.5. The lowest BCUT2D eigenvalue weighted by atomic mass is 10.3. The van der Waals surface area contributed by atoms with Gasteiger partial charge in [0.1, 0.15) is 0 Å².